The Morgan fingerprint density at radius 1 is 1.35 bits per heavy atom. The van der Waals surface area contributed by atoms with Crippen molar-refractivity contribution < 1.29 is 4.39 Å². The summed E-state index contributed by atoms with van der Waals surface area (Å²) in [5.41, 5.74) is 6.04. The van der Waals surface area contributed by atoms with E-state index in [4.69, 9.17) is 5.73 Å². The molecule has 3 heteroatoms. The van der Waals surface area contributed by atoms with Gasteiger partial charge in [0.05, 0.1) is 6.04 Å². The first-order chi connectivity index (χ1) is 7.88. The Labute approximate surface area is 102 Å². The third kappa shape index (κ3) is 1.93. The number of halogens is 1. The summed E-state index contributed by atoms with van der Waals surface area (Å²) in [4.78, 5) is 0. The molecule has 0 saturated heterocycles. The van der Waals surface area contributed by atoms with E-state index in [2.05, 4.69) is 5.32 Å². The fourth-order valence-corrected chi connectivity index (χ4v) is 2.55. The van der Waals surface area contributed by atoms with Crippen molar-refractivity contribution in [1.82, 2.24) is 0 Å². The van der Waals surface area contributed by atoms with Gasteiger partial charge in [-0.2, -0.15) is 0 Å². The van der Waals surface area contributed by atoms with Gasteiger partial charge in [0.2, 0.25) is 0 Å². The number of hydrogen-bond donors (Lipinski definition) is 2. The Kier molecular flexibility index (Phi) is 2.90. The Morgan fingerprint density at radius 3 is 2.53 bits per heavy atom. The van der Waals surface area contributed by atoms with Crippen LogP contribution in [0.3, 0.4) is 0 Å². The van der Waals surface area contributed by atoms with Gasteiger partial charge in [-0.3, -0.25) is 0 Å². The van der Waals surface area contributed by atoms with Gasteiger partial charge in [-0.25, -0.2) is 4.39 Å². The van der Waals surface area contributed by atoms with Crippen LogP contribution < -0.4 is 11.1 Å². The molecule has 0 spiro atoms. The van der Waals surface area contributed by atoms with Crippen LogP contribution in [0.15, 0.2) is 24.3 Å². The third-order valence-electron chi connectivity index (χ3n) is 3.87. The number of rotatable bonds is 2. The fraction of sp³-hybridized carbons (Fsp3) is 0.571. The van der Waals surface area contributed by atoms with Gasteiger partial charge in [-0.05, 0) is 23.5 Å². The highest BCUT2D eigenvalue weighted by Crippen LogP contribution is 2.41. The topological polar surface area (TPSA) is 38.0 Å². The maximum Gasteiger partial charge on any atom is 0.148 e. The standard InChI is InChI=1S/C14H21FN2/c1-13(2,3)14(15,9-16)12-8-10-6-4-5-7-11(10)17-12/h4-7,12,17H,8-9,16H2,1-3H3. The summed E-state index contributed by atoms with van der Waals surface area (Å²) in [6.07, 6.45) is 0.709. The van der Waals surface area contributed by atoms with E-state index in [1.54, 1.807) is 0 Å². The second-order valence-electron chi connectivity index (χ2n) is 5.87. The third-order valence-corrected chi connectivity index (χ3v) is 3.87. The summed E-state index contributed by atoms with van der Waals surface area (Å²) in [6, 6.07) is 7.76. The molecule has 2 nitrogen and oxygen atoms in total. The summed E-state index contributed by atoms with van der Waals surface area (Å²) in [5.74, 6) is 0. The molecule has 1 heterocycles. The van der Waals surface area contributed by atoms with E-state index in [0.717, 1.165) is 5.69 Å². The van der Waals surface area contributed by atoms with Crippen molar-refractivity contribution in [3.63, 3.8) is 0 Å². The zero-order valence-corrected chi connectivity index (χ0v) is 10.8. The van der Waals surface area contributed by atoms with Crippen LogP contribution in [-0.4, -0.2) is 18.3 Å². The minimum absolute atomic E-state index is 0.0438. The molecule has 1 aliphatic rings. The molecule has 0 aromatic heterocycles. The normalized spacial score (nSPS) is 22.8. The van der Waals surface area contributed by atoms with Crippen molar-refractivity contribution >= 4 is 5.69 Å². The summed E-state index contributed by atoms with van der Waals surface area (Å²) in [7, 11) is 0. The predicted molar refractivity (Wildman–Crippen MR) is 69.9 cm³/mol. The lowest BCUT2D eigenvalue weighted by molar-refractivity contribution is 0.0206. The molecule has 0 fully saturated rings. The largest absolute Gasteiger partial charge is 0.378 e. The Morgan fingerprint density at radius 2 is 2.00 bits per heavy atom. The zero-order chi connectivity index (χ0) is 12.7. The Hall–Kier alpha value is -1.09. The van der Waals surface area contributed by atoms with Crippen molar-refractivity contribution in [3.8, 4) is 0 Å². The number of para-hydroxylation sites is 1. The quantitative estimate of drug-likeness (QED) is 0.828. The molecule has 1 aliphatic heterocycles. The highest BCUT2D eigenvalue weighted by Gasteiger charge is 2.49. The molecule has 0 aliphatic carbocycles. The first-order valence-electron chi connectivity index (χ1n) is 6.12. The number of hydrogen-bond acceptors (Lipinski definition) is 2. The van der Waals surface area contributed by atoms with Gasteiger partial charge in [0.1, 0.15) is 5.67 Å². The van der Waals surface area contributed by atoms with E-state index in [1.807, 2.05) is 45.0 Å². The van der Waals surface area contributed by atoms with Crippen molar-refractivity contribution in [2.24, 2.45) is 11.1 Å². The van der Waals surface area contributed by atoms with Crippen molar-refractivity contribution in [3.05, 3.63) is 29.8 Å². The van der Waals surface area contributed by atoms with Crippen LogP contribution in [0.4, 0.5) is 10.1 Å². The monoisotopic (exact) mass is 236 g/mol. The van der Waals surface area contributed by atoms with Crippen LogP contribution >= 0.6 is 0 Å². The van der Waals surface area contributed by atoms with Gasteiger partial charge >= 0.3 is 0 Å². The number of alkyl halides is 1. The average Bonchev–Trinajstić information content (AvgIpc) is 2.70. The van der Waals surface area contributed by atoms with Crippen LogP contribution in [0.2, 0.25) is 0 Å². The highest BCUT2D eigenvalue weighted by atomic mass is 19.1. The van der Waals surface area contributed by atoms with Gasteiger partial charge in [-0.1, -0.05) is 39.0 Å². The van der Waals surface area contributed by atoms with Crippen molar-refractivity contribution in [1.29, 1.82) is 0 Å². The molecule has 0 bridgehead atoms. The summed E-state index contributed by atoms with van der Waals surface area (Å²) >= 11 is 0. The van der Waals surface area contributed by atoms with Gasteiger partial charge in [0.15, 0.2) is 0 Å². The first kappa shape index (κ1) is 12.4. The molecule has 0 radical (unpaired) electrons. The SMILES string of the molecule is CC(C)(C)C(F)(CN)C1Cc2ccccc2N1. The lowest BCUT2D eigenvalue weighted by Gasteiger charge is -2.41. The second-order valence-corrected chi connectivity index (χ2v) is 5.87. The molecule has 0 amide bonds. The molecule has 2 rings (SSSR count). The van der Waals surface area contributed by atoms with E-state index >= 15 is 4.39 Å². The molecule has 3 N–H and O–H groups in total. The summed E-state index contributed by atoms with van der Waals surface area (Å²) < 4.78 is 15.1. The van der Waals surface area contributed by atoms with Crippen LogP contribution in [0.1, 0.15) is 26.3 Å². The van der Waals surface area contributed by atoms with E-state index in [0.29, 0.717) is 6.42 Å². The van der Waals surface area contributed by atoms with Gasteiger partial charge in [0.25, 0.3) is 0 Å². The summed E-state index contributed by atoms with van der Waals surface area (Å²) in [5, 5.41) is 3.28. The van der Waals surface area contributed by atoms with E-state index in [-0.39, 0.29) is 12.6 Å². The van der Waals surface area contributed by atoms with Gasteiger partial charge in [-0.15, -0.1) is 0 Å². The molecular formula is C14H21FN2. The maximum atomic E-state index is 15.1. The number of benzene rings is 1. The second kappa shape index (κ2) is 3.98. The molecule has 17 heavy (non-hydrogen) atoms. The molecule has 1 aromatic rings. The van der Waals surface area contributed by atoms with Gasteiger partial charge in [0, 0.05) is 12.2 Å². The summed E-state index contributed by atoms with van der Waals surface area (Å²) in [6.45, 7) is 5.77. The van der Waals surface area contributed by atoms with E-state index in [1.165, 1.54) is 5.56 Å². The lowest BCUT2D eigenvalue weighted by Crippen LogP contribution is -2.56. The number of anilines is 1. The minimum Gasteiger partial charge on any atom is -0.378 e. The smallest absolute Gasteiger partial charge is 0.148 e. The van der Waals surface area contributed by atoms with Crippen LogP contribution in [0.25, 0.3) is 0 Å². The molecule has 0 saturated carbocycles. The lowest BCUT2D eigenvalue weighted by atomic mass is 9.72. The van der Waals surface area contributed by atoms with Gasteiger partial charge < -0.3 is 11.1 Å². The highest BCUT2D eigenvalue weighted by molar-refractivity contribution is 5.57. The van der Waals surface area contributed by atoms with Crippen molar-refractivity contribution in [2.75, 3.05) is 11.9 Å². The van der Waals surface area contributed by atoms with E-state index < -0.39 is 11.1 Å². The predicted octanol–water partition coefficient (Wildman–Crippen LogP) is 2.74. The molecule has 94 valence electrons. The fourth-order valence-electron chi connectivity index (χ4n) is 2.55. The molecule has 1 aromatic carbocycles. The first-order valence-corrected chi connectivity index (χ1v) is 6.12. The number of nitrogens with two attached hydrogens (primary N) is 1. The minimum atomic E-state index is -1.40. The van der Waals surface area contributed by atoms with Crippen LogP contribution in [0, 0.1) is 5.41 Å². The Bertz CT molecular complexity index is 386. The van der Waals surface area contributed by atoms with E-state index in [9.17, 15) is 0 Å². The zero-order valence-electron chi connectivity index (χ0n) is 10.8. The van der Waals surface area contributed by atoms with Crippen LogP contribution in [-0.2, 0) is 6.42 Å². The number of nitrogens with one attached hydrogen (secondary N) is 1. The van der Waals surface area contributed by atoms with Crippen LogP contribution in [0.5, 0.6) is 0 Å². The molecule has 2 unspecified atom stereocenters. The average molecular weight is 236 g/mol. The Balaban J connectivity index is 2.27. The molecule has 2 atom stereocenters. The number of fused-ring (bicyclic) bond motifs is 1. The van der Waals surface area contributed by atoms with Crippen molar-refractivity contribution in [2.45, 2.75) is 38.9 Å². The maximum absolute atomic E-state index is 15.1. The molecular weight excluding hydrogens is 215 g/mol.